The molecule has 0 aliphatic carbocycles. The van der Waals surface area contributed by atoms with E-state index >= 15 is 0 Å². The number of carbonyl (C=O) groups excluding carboxylic acids is 1. The van der Waals surface area contributed by atoms with Crippen LogP contribution in [0.4, 0.5) is 5.69 Å². The third kappa shape index (κ3) is 2.73. The first-order valence-electron chi connectivity index (χ1n) is 5.44. The lowest BCUT2D eigenvalue weighted by Crippen LogP contribution is -2.06. The molecule has 0 amide bonds. The molecule has 2 heterocycles. The van der Waals surface area contributed by atoms with E-state index < -0.39 is 10.9 Å². The maximum absolute atomic E-state index is 11.4. The molecular weight excluding hydrogens is 252 g/mol. The van der Waals surface area contributed by atoms with Gasteiger partial charge in [-0.1, -0.05) is 0 Å². The van der Waals surface area contributed by atoms with E-state index in [0.29, 0.717) is 11.4 Å². The van der Waals surface area contributed by atoms with E-state index in [1.165, 1.54) is 29.2 Å². The molecule has 0 bridgehead atoms. The average molecular weight is 262 g/mol. The van der Waals surface area contributed by atoms with Crippen molar-refractivity contribution in [2.45, 2.75) is 6.92 Å². The van der Waals surface area contributed by atoms with Crippen molar-refractivity contribution in [2.24, 2.45) is 0 Å². The second-order valence-electron chi connectivity index (χ2n) is 3.53. The monoisotopic (exact) mass is 262 g/mol. The summed E-state index contributed by atoms with van der Waals surface area (Å²) in [5.41, 5.74) is 0.184. The number of nitro groups is 1. The number of hydrogen-bond donors (Lipinski definition) is 0. The van der Waals surface area contributed by atoms with Gasteiger partial charge >= 0.3 is 11.7 Å². The summed E-state index contributed by atoms with van der Waals surface area (Å²) in [5, 5.41) is 14.3. The lowest BCUT2D eigenvalue weighted by Gasteiger charge is -2.02. The number of esters is 1. The molecular formula is C11H10N4O4. The predicted octanol–water partition coefficient (Wildman–Crippen LogP) is 1.35. The zero-order valence-corrected chi connectivity index (χ0v) is 10.0. The van der Waals surface area contributed by atoms with Crippen molar-refractivity contribution >= 4 is 11.7 Å². The second-order valence-corrected chi connectivity index (χ2v) is 3.53. The summed E-state index contributed by atoms with van der Waals surface area (Å²) < 4.78 is 6.08. The van der Waals surface area contributed by atoms with Gasteiger partial charge in [-0.3, -0.25) is 10.1 Å². The Kier molecular flexibility index (Phi) is 3.51. The summed E-state index contributed by atoms with van der Waals surface area (Å²) in [4.78, 5) is 25.4. The van der Waals surface area contributed by atoms with Gasteiger partial charge in [0.15, 0.2) is 5.82 Å². The van der Waals surface area contributed by atoms with E-state index in [4.69, 9.17) is 4.74 Å². The van der Waals surface area contributed by atoms with Crippen molar-refractivity contribution in [3.63, 3.8) is 0 Å². The van der Waals surface area contributed by atoms with Crippen LogP contribution in [-0.2, 0) is 4.74 Å². The van der Waals surface area contributed by atoms with Crippen LogP contribution in [0.2, 0.25) is 0 Å². The first-order chi connectivity index (χ1) is 9.11. The van der Waals surface area contributed by atoms with Crippen LogP contribution in [0.5, 0.6) is 0 Å². The molecule has 2 rings (SSSR count). The highest BCUT2D eigenvalue weighted by Crippen LogP contribution is 2.12. The topological polar surface area (TPSA) is 100 Å². The van der Waals surface area contributed by atoms with Gasteiger partial charge in [-0.15, -0.1) is 0 Å². The third-order valence-corrected chi connectivity index (χ3v) is 2.27. The molecule has 8 heteroatoms. The van der Waals surface area contributed by atoms with E-state index in [2.05, 4.69) is 10.1 Å². The molecule has 98 valence electrons. The van der Waals surface area contributed by atoms with E-state index in [9.17, 15) is 14.9 Å². The van der Waals surface area contributed by atoms with E-state index in [-0.39, 0.29) is 12.3 Å². The molecule has 0 aliphatic heterocycles. The molecule has 0 saturated carbocycles. The van der Waals surface area contributed by atoms with Crippen molar-refractivity contribution in [3.8, 4) is 5.82 Å². The van der Waals surface area contributed by atoms with Gasteiger partial charge in [0.25, 0.3) is 0 Å². The minimum absolute atomic E-state index is 0.128. The van der Waals surface area contributed by atoms with Crippen LogP contribution < -0.4 is 0 Å². The molecule has 0 atom stereocenters. The molecule has 0 spiro atoms. The van der Waals surface area contributed by atoms with Crippen LogP contribution >= 0.6 is 0 Å². The van der Waals surface area contributed by atoms with E-state index in [1.807, 2.05) is 0 Å². The van der Waals surface area contributed by atoms with Crippen LogP contribution in [0.3, 0.4) is 0 Å². The first-order valence-corrected chi connectivity index (χ1v) is 5.44. The molecule has 0 unspecified atom stereocenters. The third-order valence-electron chi connectivity index (χ3n) is 2.27. The Morgan fingerprint density at radius 2 is 2.26 bits per heavy atom. The summed E-state index contributed by atoms with van der Waals surface area (Å²) in [7, 11) is 0. The Bertz CT molecular complexity index is 605. The summed E-state index contributed by atoms with van der Waals surface area (Å²) in [6.07, 6.45) is 3.70. The minimum Gasteiger partial charge on any atom is -0.462 e. The fourth-order valence-corrected chi connectivity index (χ4v) is 1.39. The molecule has 2 aromatic heterocycles. The van der Waals surface area contributed by atoms with Gasteiger partial charge in [0.1, 0.15) is 12.4 Å². The number of ether oxygens (including phenoxy) is 1. The summed E-state index contributed by atoms with van der Waals surface area (Å²) in [6.45, 7) is 1.99. The molecule has 0 saturated heterocycles. The molecule has 0 fully saturated rings. The van der Waals surface area contributed by atoms with Crippen LogP contribution in [0, 0.1) is 10.1 Å². The van der Waals surface area contributed by atoms with Crippen molar-refractivity contribution in [1.29, 1.82) is 0 Å². The van der Waals surface area contributed by atoms with Gasteiger partial charge < -0.3 is 4.74 Å². The quantitative estimate of drug-likeness (QED) is 0.468. The van der Waals surface area contributed by atoms with Crippen molar-refractivity contribution in [1.82, 2.24) is 14.8 Å². The van der Waals surface area contributed by atoms with Gasteiger partial charge in [-0.25, -0.2) is 14.5 Å². The lowest BCUT2D eigenvalue weighted by atomic mass is 10.3. The Labute approximate surface area is 107 Å². The summed E-state index contributed by atoms with van der Waals surface area (Å²) >= 11 is 0. The number of rotatable bonds is 4. The average Bonchev–Trinajstić information content (AvgIpc) is 2.89. The van der Waals surface area contributed by atoms with Crippen molar-refractivity contribution in [3.05, 3.63) is 46.4 Å². The lowest BCUT2D eigenvalue weighted by molar-refractivity contribution is -0.384. The Morgan fingerprint density at radius 3 is 2.79 bits per heavy atom. The SMILES string of the molecule is CCOC(=O)c1ccc(-n2cc([N+](=O)[O-])cn2)nc1. The second kappa shape index (κ2) is 5.25. The molecule has 8 nitrogen and oxygen atoms in total. The van der Waals surface area contributed by atoms with Crippen LogP contribution in [-0.4, -0.2) is 32.3 Å². The fourth-order valence-electron chi connectivity index (χ4n) is 1.39. The van der Waals surface area contributed by atoms with Crippen LogP contribution in [0.15, 0.2) is 30.7 Å². The first kappa shape index (κ1) is 12.7. The standard InChI is InChI=1S/C11H10N4O4/c1-2-19-11(16)8-3-4-10(12-5-8)14-7-9(6-13-14)15(17)18/h3-7H,2H2,1H3. The van der Waals surface area contributed by atoms with Gasteiger partial charge in [0, 0.05) is 6.20 Å². The van der Waals surface area contributed by atoms with Crippen molar-refractivity contribution in [2.75, 3.05) is 6.61 Å². The molecule has 0 aromatic carbocycles. The number of nitrogens with zero attached hydrogens (tertiary/aromatic N) is 4. The van der Waals surface area contributed by atoms with Crippen LogP contribution in [0.1, 0.15) is 17.3 Å². The van der Waals surface area contributed by atoms with Gasteiger partial charge in [0.2, 0.25) is 0 Å². The minimum atomic E-state index is -0.545. The van der Waals surface area contributed by atoms with Gasteiger partial charge in [-0.05, 0) is 19.1 Å². The highest BCUT2D eigenvalue weighted by atomic mass is 16.6. The zero-order chi connectivity index (χ0) is 13.8. The number of carbonyl (C=O) groups is 1. The molecule has 2 aromatic rings. The van der Waals surface area contributed by atoms with Crippen molar-refractivity contribution < 1.29 is 14.5 Å². The number of aromatic nitrogens is 3. The maximum Gasteiger partial charge on any atom is 0.339 e. The Morgan fingerprint density at radius 1 is 1.47 bits per heavy atom. The summed E-state index contributed by atoms with van der Waals surface area (Å²) in [5.74, 6) is -0.0888. The van der Waals surface area contributed by atoms with Crippen LogP contribution in [0.25, 0.3) is 5.82 Å². The largest absolute Gasteiger partial charge is 0.462 e. The van der Waals surface area contributed by atoms with Gasteiger partial charge in [0.05, 0.1) is 17.1 Å². The summed E-state index contributed by atoms with van der Waals surface area (Å²) in [6, 6.07) is 3.05. The predicted molar refractivity (Wildman–Crippen MR) is 64.0 cm³/mol. The Hall–Kier alpha value is -2.77. The fraction of sp³-hybridized carbons (Fsp3) is 0.182. The molecule has 0 aliphatic rings. The normalized spacial score (nSPS) is 10.2. The molecule has 19 heavy (non-hydrogen) atoms. The number of hydrogen-bond acceptors (Lipinski definition) is 6. The zero-order valence-electron chi connectivity index (χ0n) is 10.0. The van der Waals surface area contributed by atoms with E-state index in [0.717, 1.165) is 6.20 Å². The highest BCUT2D eigenvalue weighted by Gasteiger charge is 2.11. The maximum atomic E-state index is 11.4. The Balaban J connectivity index is 2.22. The molecule has 0 N–H and O–H groups in total. The van der Waals surface area contributed by atoms with E-state index in [1.54, 1.807) is 6.92 Å². The number of pyridine rings is 1. The smallest absolute Gasteiger partial charge is 0.339 e. The van der Waals surface area contributed by atoms with Gasteiger partial charge in [-0.2, -0.15) is 5.10 Å². The highest BCUT2D eigenvalue weighted by molar-refractivity contribution is 5.89. The molecule has 0 radical (unpaired) electrons.